The number of nitrogens with one attached hydrogen (secondary N) is 1. The number of halogens is 1. The first-order chi connectivity index (χ1) is 7.63. The van der Waals surface area contributed by atoms with Crippen LogP contribution in [0.25, 0.3) is 0 Å². The Hall–Kier alpha value is -1.26. The van der Waals surface area contributed by atoms with E-state index in [0.717, 1.165) is 17.1 Å². The van der Waals surface area contributed by atoms with Crippen molar-refractivity contribution in [2.45, 2.75) is 13.5 Å². The third kappa shape index (κ3) is 4.08. The number of hydrogen-bond acceptors (Lipinski definition) is 3. The van der Waals surface area contributed by atoms with Crippen molar-refractivity contribution in [3.63, 3.8) is 0 Å². The van der Waals surface area contributed by atoms with E-state index in [0.29, 0.717) is 6.54 Å². The van der Waals surface area contributed by atoms with E-state index in [9.17, 15) is 0 Å². The van der Waals surface area contributed by atoms with Crippen molar-refractivity contribution in [3.8, 4) is 0 Å². The summed E-state index contributed by atoms with van der Waals surface area (Å²) in [6.07, 6.45) is 0. The van der Waals surface area contributed by atoms with E-state index in [-0.39, 0.29) is 11.8 Å². The number of hydrogen-bond donors (Lipinski definition) is 3. The summed E-state index contributed by atoms with van der Waals surface area (Å²) in [5.41, 5.74) is 6.61. The maximum Gasteiger partial charge on any atom is 0.143 e. The molecule has 0 aliphatic rings. The molecule has 4 nitrogen and oxygen atoms in total. The van der Waals surface area contributed by atoms with Gasteiger partial charge in [0.25, 0.3) is 0 Å². The van der Waals surface area contributed by atoms with Crippen LogP contribution in [0.5, 0.6) is 0 Å². The van der Waals surface area contributed by atoms with Crippen LogP contribution in [-0.2, 0) is 6.54 Å². The molecule has 16 heavy (non-hydrogen) atoms. The van der Waals surface area contributed by atoms with Crippen LogP contribution in [-0.4, -0.2) is 17.6 Å². The van der Waals surface area contributed by atoms with Gasteiger partial charge in [-0.05, 0) is 17.7 Å². The zero-order valence-corrected chi connectivity index (χ0v) is 9.91. The first-order valence-corrected chi connectivity index (χ1v) is 5.44. The van der Waals surface area contributed by atoms with E-state index >= 15 is 0 Å². The van der Waals surface area contributed by atoms with Gasteiger partial charge >= 0.3 is 0 Å². The number of benzene rings is 1. The normalized spacial score (nSPS) is 13.8. The van der Waals surface area contributed by atoms with E-state index in [1.54, 1.807) is 0 Å². The maximum absolute atomic E-state index is 8.47. The molecule has 0 bridgehead atoms. The molecule has 88 valence electrons. The molecule has 1 unspecified atom stereocenters. The molecular formula is C11H16ClN3O. The minimum absolute atomic E-state index is 0.0114. The molecule has 0 aliphatic heterocycles. The van der Waals surface area contributed by atoms with Crippen LogP contribution in [0.2, 0.25) is 5.02 Å². The zero-order valence-electron chi connectivity index (χ0n) is 9.15. The van der Waals surface area contributed by atoms with Crippen LogP contribution in [0.4, 0.5) is 0 Å². The predicted molar refractivity (Wildman–Crippen MR) is 65.7 cm³/mol. The van der Waals surface area contributed by atoms with E-state index in [4.69, 9.17) is 22.5 Å². The van der Waals surface area contributed by atoms with Crippen LogP contribution < -0.4 is 11.1 Å². The van der Waals surface area contributed by atoms with Gasteiger partial charge in [0, 0.05) is 24.0 Å². The number of nitrogens with zero attached hydrogens (tertiary/aromatic N) is 1. The SMILES string of the molecule is CC(CNCc1ccc(Cl)cc1)C(N)=NO. The Labute approximate surface area is 100 Å². The van der Waals surface area contributed by atoms with Gasteiger partial charge in [-0.3, -0.25) is 0 Å². The molecule has 5 heteroatoms. The third-order valence-electron chi connectivity index (χ3n) is 2.31. The topological polar surface area (TPSA) is 70.6 Å². The molecule has 0 spiro atoms. The smallest absolute Gasteiger partial charge is 0.143 e. The van der Waals surface area contributed by atoms with Crippen molar-refractivity contribution in [2.24, 2.45) is 16.8 Å². The van der Waals surface area contributed by atoms with Gasteiger partial charge in [0.1, 0.15) is 5.84 Å². The molecule has 1 rings (SSSR count). The van der Waals surface area contributed by atoms with Crippen molar-refractivity contribution in [1.29, 1.82) is 0 Å². The molecule has 4 N–H and O–H groups in total. The average Bonchev–Trinajstić information content (AvgIpc) is 2.30. The number of rotatable bonds is 5. The highest BCUT2D eigenvalue weighted by Gasteiger charge is 2.06. The average molecular weight is 242 g/mol. The molecule has 0 saturated heterocycles. The fourth-order valence-corrected chi connectivity index (χ4v) is 1.36. The van der Waals surface area contributed by atoms with Crippen LogP contribution >= 0.6 is 11.6 Å². The minimum atomic E-state index is 0.0114. The Morgan fingerprint density at radius 2 is 2.12 bits per heavy atom. The highest BCUT2D eigenvalue weighted by atomic mass is 35.5. The maximum atomic E-state index is 8.47. The Morgan fingerprint density at radius 3 is 2.69 bits per heavy atom. The predicted octanol–water partition coefficient (Wildman–Crippen LogP) is 1.81. The van der Waals surface area contributed by atoms with Gasteiger partial charge < -0.3 is 16.3 Å². The summed E-state index contributed by atoms with van der Waals surface area (Å²) in [6, 6.07) is 7.63. The fraction of sp³-hybridized carbons (Fsp3) is 0.364. The van der Waals surface area contributed by atoms with Gasteiger partial charge in [-0.25, -0.2) is 0 Å². The van der Waals surface area contributed by atoms with E-state index in [1.807, 2.05) is 31.2 Å². The van der Waals surface area contributed by atoms with E-state index in [1.165, 1.54) is 0 Å². The van der Waals surface area contributed by atoms with Crippen molar-refractivity contribution in [3.05, 3.63) is 34.9 Å². The molecule has 0 radical (unpaired) electrons. The molecule has 0 fully saturated rings. The molecule has 1 atom stereocenters. The van der Waals surface area contributed by atoms with Gasteiger partial charge in [-0.2, -0.15) is 0 Å². The first-order valence-electron chi connectivity index (χ1n) is 5.06. The lowest BCUT2D eigenvalue weighted by Crippen LogP contribution is -2.31. The van der Waals surface area contributed by atoms with Crippen LogP contribution in [0, 0.1) is 5.92 Å². The molecule has 0 saturated carbocycles. The van der Waals surface area contributed by atoms with Gasteiger partial charge in [-0.15, -0.1) is 0 Å². The number of oxime groups is 1. The van der Waals surface area contributed by atoms with Crippen LogP contribution in [0.1, 0.15) is 12.5 Å². The lowest BCUT2D eigenvalue weighted by atomic mass is 10.1. The van der Waals surface area contributed by atoms with Crippen LogP contribution in [0.15, 0.2) is 29.4 Å². The minimum Gasteiger partial charge on any atom is -0.409 e. The lowest BCUT2D eigenvalue weighted by molar-refractivity contribution is 0.314. The van der Waals surface area contributed by atoms with Crippen molar-refractivity contribution in [2.75, 3.05) is 6.54 Å². The summed E-state index contributed by atoms with van der Waals surface area (Å²) in [4.78, 5) is 0. The quantitative estimate of drug-likeness (QED) is 0.319. The molecule has 1 aromatic carbocycles. The van der Waals surface area contributed by atoms with Gasteiger partial charge in [0.05, 0.1) is 0 Å². The lowest BCUT2D eigenvalue weighted by Gasteiger charge is -2.10. The van der Waals surface area contributed by atoms with Crippen molar-refractivity contribution >= 4 is 17.4 Å². The summed E-state index contributed by atoms with van der Waals surface area (Å²) in [6.45, 7) is 3.29. The second-order valence-electron chi connectivity index (χ2n) is 3.68. The summed E-state index contributed by atoms with van der Waals surface area (Å²) >= 11 is 5.78. The largest absolute Gasteiger partial charge is 0.409 e. The summed E-state index contributed by atoms with van der Waals surface area (Å²) in [5.74, 6) is 0.251. The zero-order chi connectivity index (χ0) is 12.0. The molecule has 1 aromatic rings. The number of nitrogens with two attached hydrogens (primary N) is 1. The van der Waals surface area contributed by atoms with E-state index in [2.05, 4.69) is 10.5 Å². The molecule has 0 aliphatic carbocycles. The Balaban J connectivity index is 2.33. The molecular weight excluding hydrogens is 226 g/mol. The number of amidine groups is 1. The second-order valence-corrected chi connectivity index (χ2v) is 4.12. The molecule has 0 aromatic heterocycles. The molecule has 0 heterocycles. The third-order valence-corrected chi connectivity index (χ3v) is 2.57. The van der Waals surface area contributed by atoms with Crippen molar-refractivity contribution < 1.29 is 5.21 Å². The highest BCUT2D eigenvalue weighted by molar-refractivity contribution is 6.30. The fourth-order valence-electron chi connectivity index (χ4n) is 1.24. The summed E-state index contributed by atoms with van der Waals surface area (Å²) in [7, 11) is 0. The van der Waals surface area contributed by atoms with Crippen LogP contribution in [0.3, 0.4) is 0 Å². The first kappa shape index (κ1) is 12.8. The molecule has 0 amide bonds. The van der Waals surface area contributed by atoms with Gasteiger partial charge in [0.2, 0.25) is 0 Å². The monoisotopic (exact) mass is 241 g/mol. The van der Waals surface area contributed by atoms with Gasteiger partial charge in [-0.1, -0.05) is 35.8 Å². The van der Waals surface area contributed by atoms with Crippen molar-refractivity contribution in [1.82, 2.24) is 5.32 Å². The van der Waals surface area contributed by atoms with E-state index < -0.39 is 0 Å². The Kier molecular flexibility index (Phi) is 5.08. The second kappa shape index (κ2) is 6.35. The highest BCUT2D eigenvalue weighted by Crippen LogP contribution is 2.09. The van der Waals surface area contributed by atoms with Gasteiger partial charge in [0.15, 0.2) is 0 Å². The summed E-state index contributed by atoms with van der Waals surface area (Å²) < 4.78 is 0. The standard InChI is InChI=1S/C11H16ClN3O/c1-8(11(13)15-16)6-14-7-9-2-4-10(12)5-3-9/h2-5,8,14,16H,6-7H2,1H3,(H2,13,15). The Morgan fingerprint density at radius 1 is 1.50 bits per heavy atom. The Bertz CT molecular complexity index is 351. The summed E-state index contributed by atoms with van der Waals surface area (Å²) in [5, 5.41) is 15.4.